The van der Waals surface area contributed by atoms with Crippen molar-refractivity contribution in [3.05, 3.63) is 65.0 Å². The number of nitrogens with zero attached hydrogens (tertiary/aromatic N) is 2. The largest absolute Gasteiger partial charge is 0.465 e. The van der Waals surface area contributed by atoms with E-state index in [0.717, 1.165) is 33.4 Å². The molecule has 3 rings (SSSR count). The van der Waals surface area contributed by atoms with Crippen LogP contribution in [0, 0.1) is 13.8 Å². The maximum Gasteiger partial charge on any atom is 0.337 e. The van der Waals surface area contributed by atoms with Gasteiger partial charge in [0, 0.05) is 11.8 Å². The lowest BCUT2D eigenvalue weighted by molar-refractivity contribution is 0.0600. The van der Waals surface area contributed by atoms with Gasteiger partial charge in [-0.1, -0.05) is 30.0 Å². The molecule has 0 atom stereocenters. The third-order valence-corrected chi connectivity index (χ3v) is 5.23. The summed E-state index contributed by atoms with van der Waals surface area (Å²) < 4.78 is 4.80. The summed E-state index contributed by atoms with van der Waals surface area (Å²) in [6.07, 6.45) is 3.67. The summed E-state index contributed by atoms with van der Waals surface area (Å²) in [5.41, 5.74) is 7.04. The van der Waals surface area contributed by atoms with Gasteiger partial charge < -0.3 is 9.84 Å². The molecule has 6 heteroatoms. The lowest BCUT2D eigenvalue weighted by atomic mass is 9.92. The summed E-state index contributed by atoms with van der Waals surface area (Å²) >= 11 is 1.44. The van der Waals surface area contributed by atoms with Crippen LogP contribution in [0.3, 0.4) is 0 Å². The Morgan fingerprint density at radius 1 is 1.07 bits per heavy atom. The molecule has 0 saturated heterocycles. The Morgan fingerprint density at radius 2 is 1.86 bits per heavy atom. The van der Waals surface area contributed by atoms with Gasteiger partial charge in [0.05, 0.1) is 25.0 Å². The molecule has 1 N–H and O–H groups in total. The quantitative estimate of drug-likeness (QED) is 0.392. The highest BCUT2D eigenvalue weighted by Crippen LogP contribution is 2.33. The lowest BCUT2D eigenvalue weighted by Crippen LogP contribution is -2.02. The molecular weight excluding hydrogens is 372 g/mol. The van der Waals surface area contributed by atoms with E-state index in [9.17, 15) is 9.90 Å². The number of methoxy groups -OCH3 is 1. The highest BCUT2D eigenvalue weighted by Gasteiger charge is 2.14. The molecule has 28 heavy (non-hydrogen) atoms. The van der Waals surface area contributed by atoms with E-state index in [4.69, 9.17) is 4.74 Å². The van der Waals surface area contributed by atoms with Gasteiger partial charge in [-0.15, -0.1) is 0 Å². The molecule has 144 valence electrons. The molecule has 3 aromatic rings. The minimum atomic E-state index is -0.349. The van der Waals surface area contributed by atoms with E-state index in [-0.39, 0.29) is 12.6 Å². The first kappa shape index (κ1) is 20.0. The average Bonchev–Trinajstić information content (AvgIpc) is 2.73. The minimum absolute atomic E-state index is 0.151. The van der Waals surface area contributed by atoms with Crippen molar-refractivity contribution in [1.29, 1.82) is 0 Å². The number of aromatic nitrogens is 2. The van der Waals surface area contributed by atoms with E-state index in [0.29, 0.717) is 16.4 Å². The SMILES string of the molecule is COC(=O)c1ccc(-c2ccc(C)c(-c3cnc(SC)nc3CO)c2)c(C)c1. The molecule has 0 saturated carbocycles. The second kappa shape index (κ2) is 8.54. The van der Waals surface area contributed by atoms with Crippen LogP contribution in [-0.4, -0.2) is 34.4 Å². The van der Waals surface area contributed by atoms with Gasteiger partial charge in [0.1, 0.15) is 0 Å². The molecule has 5 nitrogen and oxygen atoms in total. The standard InChI is InChI=1S/C22H22N2O3S/c1-13-5-6-15(17-8-7-16(9-14(17)2)21(26)27-3)10-18(13)19-11-23-22(28-4)24-20(19)12-25/h5-11,25H,12H2,1-4H3. The van der Waals surface area contributed by atoms with Crippen molar-refractivity contribution in [3.8, 4) is 22.3 Å². The molecule has 0 spiro atoms. The number of aliphatic hydroxyl groups is 1. The van der Waals surface area contributed by atoms with Crippen LogP contribution in [0.1, 0.15) is 27.2 Å². The number of aryl methyl sites for hydroxylation is 2. The van der Waals surface area contributed by atoms with E-state index in [1.165, 1.54) is 18.9 Å². The smallest absolute Gasteiger partial charge is 0.337 e. The average molecular weight is 394 g/mol. The van der Waals surface area contributed by atoms with Crippen LogP contribution in [0.2, 0.25) is 0 Å². The summed E-state index contributed by atoms with van der Waals surface area (Å²) in [6, 6.07) is 11.7. The number of carbonyl (C=O) groups is 1. The first-order chi connectivity index (χ1) is 13.5. The Labute approximate surface area is 168 Å². The molecule has 0 fully saturated rings. The van der Waals surface area contributed by atoms with Gasteiger partial charge in [0.2, 0.25) is 0 Å². The molecule has 0 aliphatic rings. The van der Waals surface area contributed by atoms with Gasteiger partial charge >= 0.3 is 5.97 Å². The molecule has 1 aromatic heterocycles. The summed E-state index contributed by atoms with van der Waals surface area (Å²) in [6.45, 7) is 3.84. The molecule has 0 bridgehead atoms. The Morgan fingerprint density at radius 3 is 2.50 bits per heavy atom. The van der Waals surface area contributed by atoms with Crippen LogP contribution in [0.15, 0.2) is 47.8 Å². The maximum atomic E-state index is 11.8. The molecular formula is C22H22N2O3S. The van der Waals surface area contributed by atoms with Gasteiger partial charge in [-0.25, -0.2) is 14.8 Å². The zero-order valence-corrected chi connectivity index (χ0v) is 17.1. The number of hydrogen-bond acceptors (Lipinski definition) is 6. The summed E-state index contributed by atoms with van der Waals surface area (Å²) in [5.74, 6) is -0.349. The van der Waals surface area contributed by atoms with E-state index in [1.807, 2.05) is 38.3 Å². The monoisotopic (exact) mass is 394 g/mol. The number of carbonyl (C=O) groups excluding carboxylic acids is 1. The molecule has 0 radical (unpaired) electrons. The topological polar surface area (TPSA) is 72.3 Å². The number of aliphatic hydroxyl groups excluding tert-OH is 1. The van der Waals surface area contributed by atoms with Crippen molar-refractivity contribution in [2.45, 2.75) is 25.6 Å². The Balaban J connectivity index is 2.09. The van der Waals surface area contributed by atoms with Crippen molar-refractivity contribution < 1.29 is 14.6 Å². The number of thioether (sulfide) groups is 1. The fraction of sp³-hybridized carbons (Fsp3) is 0.227. The van der Waals surface area contributed by atoms with Crippen LogP contribution in [0.25, 0.3) is 22.3 Å². The predicted octanol–water partition coefficient (Wildman–Crippen LogP) is 4.43. The number of hydrogen-bond donors (Lipinski definition) is 1. The fourth-order valence-corrected chi connectivity index (χ4v) is 3.51. The van der Waals surface area contributed by atoms with Crippen molar-refractivity contribution in [2.24, 2.45) is 0 Å². The Bertz CT molecular complexity index is 1030. The molecule has 0 aliphatic carbocycles. The molecule has 2 aromatic carbocycles. The molecule has 0 unspecified atom stereocenters. The van der Waals surface area contributed by atoms with E-state index in [1.54, 1.807) is 12.3 Å². The van der Waals surface area contributed by atoms with E-state index >= 15 is 0 Å². The van der Waals surface area contributed by atoms with Crippen molar-refractivity contribution >= 4 is 17.7 Å². The minimum Gasteiger partial charge on any atom is -0.465 e. The zero-order chi connectivity index (χ0) is 20.3. The van der Waals surface area contributed by atoms with Gasteiger partial charge in [-0.05, 0) is 66.1 Å². The third-order valence-electron chi connectivity index (χ3n) is 4.66. The lowest BCUT2D eigenvalue weighted by Gasteiger charge is -2.14. The Kier molecular flexibility index (Phi) is 6.11. The number of rotatable bonds is 5. The van der Waals surface area contributed by atoms with Crippen LogP contribution in [-0.2, 0) is 11.3 Å². The van der Waals surface area contributed by atoms with E-state index in [2.05, 4.69) is 22.1 Å². The second-order valence-corrected chi connectivity index (χ2v) is 7.20. The van der Waals surface area contributed by atoms with Crippen LogP contribution < -0.4 is 0 Å². The Hall–Kier alpha value is -2.70. The van der Waals surface area contributed by atoms with Crippen LogP contribution in [0.5, 0.6) is 0 Å². The number of benzene rings is 2. The van der Waals surface area contributed by atoms with Crippen molar-refractivity contribution in [3.63, 3.8) is 0 Å². The summed E-state index contributed by atoms with van der Waals surface area (Å²) in [5, 5.41) is 10.4. The van der Waals surface area contributed by atoms with Crippen LogP contribution >= 0.6 is 11.8 Å². The number of ether oxygens (including phenoxy) is 1. The summed E-state index contributed by atoms with van der Waals surface area (Å²) in [7, 11) is 1.38. The first-order valence-electron chi connectivity index (χ1n) is 8.79. The second-order valence-electron chi connectivity index (χ2n) is 6.43. The molecule has 0 amide bonds. The maximum absolute atomic E-state index is 11.8. The zero-order valence-electron chi connectivity index (χ0n) is 16.3. The molecule has 1 heterocycles. The van der Waals surface area contributed by atoms with Gasteiger partial charge in [0.15, 0.2) is 5.16 Å². The van der Waals surface area contributed by atoms with Crippen molar-refractivity contribution in [1.82, 2.24) is 9.97 Å². The summed E-state index contributed by atoms with van der Waals surface area (Å²) in [4.78, 5) is 20.6. The third kappa shape index (κ3) is 3.93. The fourth-order valence-electron chi connectivity index (χ4n) is 3.15. The van der Waals surface area contributed by atoms with Crippen LogP contribution in [0.4, 0.5) is 0 Å². The normalized spacial score (nSPS) is 10.8. The predicted molar refractivity (Wildman–Crippen MR) is 111 cm³/mol. The highest BCUT2D eigenvalue weighted by molar-refractivity contribution is 7.98. The highest BCUT2D eigenvalue weighted by atomic mass is 32.2. The van der Waals surface area contributed by atoms with Crippen molar-refractivity contribution in [2.75, 3.05) is 13.4 Å². The van der Waals surface area contributed by atoms with Gasteiger partial charge in [-0.2, -0.15) is 0 Å². The first-order valence-corrected chi connectivity index (χ1v) is 10.0. The van der Waals surface area contributed by atoms with Gasteiger partial charge in [-0.3, -0.25) is 0 Å². The van der Waals surface area contributed by atoms with Gasteiger partial charge in [0.25, 0.3) is 0 Å². The molecule has 0 aliphatic heterocycles. The van der Waals surface area contributed by atoms with E-state index < -0.39 is 0 Å². The number of esters is 1.